The molecule has 0 amide bonds. The maximum atomic E-state index is 13.5. The monoisotopic (exact) mass is 580 g/mol. The first-order valence-corrected chi connectivity index (χ1v) is 12.5. The van der Waals surface area contributed by atoms with E-state index in [9.17, 15) is 50.8 Å². The molecule has 2 saturated heterocycles. The van der Waals surface area contributed by atoms with E-state index in [2.05, 4.69) is 0 Å². The molecule has 222 valence electrons. The van der Waals surface area contributed by atoms with Crippen LogP contribution in [0.5, 0.6) is 34.5 Å². The van der Waals surface area contributed by atoms with Crippen molar-refractivity contribution < 1.29 is 69.3 Å². The molecule has 0 bridgehead atoms. The van der Waals surface area contributed by atoms with Crippen molar-refractivity contribution in [2.75, 3.05) is 13.2 Å². The summed E-state index contributed by atoms with van der Waals surface area (Å²) >= 11 is 0. The van der Waals surface area contributed by atoms with Crippen molar-refractivity contribution in [1.82, 2.24) is 0 Å². The summed E-state index contributed by atoms with van der Waals surface area (Å²) in [6.07, 6.45) is -8.66. The summed E-state index contributed by atoms with van der Waals surface area (Å²) in [5, 5.41) is 90.4. The minimum atomic E-state index is -1.92. The second-order valence-corrected chi connectivity index (χ2v) is 9.70. The van der Waals surface area contributed by atoms with Crippen LogP contribution in [0, 0.1) is 0 Å². The van der Waals surface area contributed by atoms with Crippen LogP contribution in [0.15, 0.2) is 33.5 Å². The smallest absolute Gasteiger partial charge is 0.239 e. The van der Waals surface area contributed by atoms with Crippen LogP contribution in [0.1, 0.15) is 12.8 Å². The van der Waals surface area contributed by atoms with Crippen LogP contribution in [0.2, 0.25) is 0 Å². The average Bonchev–Trinajstić information content (AvgIpc) is 3.40. The van der Waals surface area contributed by atoms with Gasteiger partial charge in [0.15, 0.2) is 29.3 Å². The summed E-state index contributed by atoms with van der Waals surface area (Å²) in [6, 6.07) is 3.72. The summed E-state index contributed by atoms with van der Waals surface area (Å²) in [4.78, 5) is 13.5. The number of rotatable bonds is 7. The minimum absolute atomic E-state index is 0.203. The molecular formula is C26H28O15. The molecule has 6 unspecified atom stereocenters. The van der Waals surface area contributed by atoms with Gasteiger partial charge in [-0.3, -0.25) is 4.79 Å². The Hall–Kier alpha value is -3.83. The first kappa shape index (κ1) is 28.7. The standard InChI is InChI=1S/C26H28O15/c27-7-11-1-2-17(38-11)37-8-16-20(33)22(35)23(36)26(40-16)41-25-21(34)18-12(29)5-10(28)6-15(18)39-24(25)9-3-13(30)19(32)14(31)4-9/h3-6,11,16-17,20,22-23,26-33,35-36H,1-2,7-8H2/t11?,16?,17?,20?,22?,23-,26?/m1/s1. The van der Waals surface area contributed by atoms with Gasteiger partial charge in [0.2, 0.25) is 17.5 Å². The Morgan fingerprint density at radius 3 is 2.22 bits per heavy atom. The van der Waals surface area contributed by atoms with Gasteiger partial charge in [-0.25, -0.2) is 0 Å². The number of aliphatic hydroxyl groups excluding tert-OH is 4. The summed E-state index contributed by atoms with van der Waals surface area (Å²) in [6.45, 7) is -0.543. The van der Waals surface area contributed by atoms with Crippen LogP contribution in [0.3, 0.4) is 0 Å². The van der Waals surface area contributed by atoms with Gasteiger partial charge in [-0.1, -0.05) is 0 Å². The van der Waals surface area contributed by atoms with Gasteiger partial charge in [0, 0.05) is 24.1 Å². The molecular weight excluding hydrogens is 552 g/mol. The van der Waals surface area contributed by atoms with E-state index in [1.54, 1.807) is 0 Å². The number of phenols is 5. The first-order valence-electron chi connectivity index (χ1n) is 12.5. The fraction of sp³-hybridized carbons (Fsp3) is 0.423. The number of ether oxygens (including phenoxy) is 4. The molecule has 7 atom stereocenters. The van der Waals surface area contributed by atoms with Crippen LogP contribution < -0.4 is 10.2 Å². The maximum absolute atomic E-state index is 13.5. The fourth-order valence-electron chi connectivity index (χ4n) is 4.70. The molecule has 15 nitrogen and oxygen atoms in total. The zero-order chi connectivity index (χ0) is 29.6. The van der Waals surface area contributed by atoms with Crippen molar-refractivity contribution in [3.05, 3.63) is 34.5 Å². The van der Waals surface area contributed by atoms with E-state index in [1.165, 1.54) is 0 Å². The van der Waals surface area contributed by atoms with E-state index in [4.69, 9.17) is 23.4 Å². The lowest BCUT2D eigenvalue weighted by Gasteiger charge is -2.40. The molecule has 0 radical (unpaired) electrons. The van der Waals surface area contributed by atoms with Gasteiger partial charge in [-0.2, -0.15) is 0 Å². The van der Waals surface area contributed by atoms with Gasteiger partial charge >= 0.3 is 0 Å². The SMILES string of the molecule is O=c1c(OC2OC(COC3CCC(CO)O3)C(O)C(O)[C@H]2O)c(-c2cc(O)c(O)c(O)c2)oc2cc(O)cc(O)c12. The molecule has 2 aromatic carbocycles. The summed E-state index contributed by atoms with van der Waals surface area (Å²) in [5.41, 5.74) is -1.58. The number of benzene rings is 2. The summed E-state index contributed by atoms with van der Waals surface area (Å²) in [5.74, 6) is -4.82. The Kier molecular flexibility index (Phi) is 7.85. The summed E-state index contributed by atoms with van der Waals surface area (Å²) < 4.78 is 28.1. The van der Waals surface area contributed by atoms with E-state index in [1.807, 2.05) is 0 Å². The highest BCUT2D eigenvalue weighted by molar-refractivity contribution is 5.88. The molecule has 0 spiro atoms. The molecule has 1 aromatic heterocycles. The second kappa shape index (κ2) is 11.2. The highest BCUT2D eigenvalue weighted by Crippen LogP contribution is 2.43. The molecule has 9 N–H and O–H groups in total. The van der Waals surface area contributed by atoms with E-state index >= 15 is 0 Å². The average molecular weight is 580 g/mol. The highest BCUT2D eigenvalue weighted by atomic mass is 16.7. The lowest BCUT2D eigenvalue weighted by atomic mass is 9.99. The second-order valence-electron chi connectivity index (χ2n) is 9.70. The lowest BCUT2D eigenvalue weighted by Crippen LogP contribution is -2.60. The van der Waals surface area contributed by atoms with Gasteiger partial charge in [0.05, 0.1) is 19.3 Å². The van der Waals surface area contributed by atoms with Gasteiger partial charge in [0.1, 0.15) is 46.9 Å². The van der Waals surface area contributed by atoms with E-state index in [0.717, 1.165) is 24.3 Å². The third-order valence-electron chi connectivity index (χ3n) is 6.87. The largest absolute Gasteiger partial charge is 0.508 e. The number of phenolic OH excluding ortho intramolecular Hbond substituents is 5. The normalized spacial score (nSPS) is 28.2. The molecule has 3 aromatic rings. The Morgan fingerprint density at radius 2 is 1.56 bits per heavy atom. The molecule has 2 aliphatic rings. The van der Waals surface area contributed by atoms with Crippen molar-refractivity contribution in [2.24, 2.45) is 0 Å². The maximum Gasteiger partial charge on any atom is 0.239 e. The number of aliphatic hydroxyl groups is 4. The van der Waals surface area contributed by atoms with Crippen molar-refractivity contribution >= 4 is 11.0 Å². The highest BCUT2D eigenvalue weighted by Gasteiger charge is 2.46. The predicted molar refractivity (Wildman–Crippen MR) is 134 cm³/mol. The van der Waals surface area contributed by atoms with Crippen LogP contribution in [0.4, 0.5) is 0 Å². The van der Waals surface area contributed by atoms with Crippen molar-refractivity contribution in [3.63, 3.8) is 0 Å². The number of aromatic hydroxyl groups is 5. The van der Waals surface area contributed by atoms with Gasteiger partial charge < -0.3 is 69.3 Å². The Balaban J connectivity index is 1.52. The van der Waals surface area contributed by atoms with E-state index in [0.29, 0.717) is 12.8 Å². The Bertz CT molecular complexity index is 1460. The van der Waals surface area contributed by atoms with Crippen LogP contribution in [0.25, 0.3) is 22.3 Å². The van der Waals surface area contributed by atoms with E-state index in [-0.39, 0.29) is 24.4 Å². The fourth-order valence-corrected chi connectivity index (χ4v) is 4.70. The molecule has 2 aliphatic heterocycles. The van der Waals surface area contributed by atoms with Crippen LogP contribution >= 0.6 is 0 Å². The topological polar surface area (TPSA) is 249 Å². The Morgan fingerprint density at radius 1 is 0.854 bits per heavy atom. The first-order chi connectivity index (χ1) is 19.5. The third kappa shape index (κ3) is 5.43. The zero-order valence-corrected chi connectivity index (χ0v) is 21.2. The summed E-state index contributed by atoms with van der Waals surface area (Å²) in [7, 11) is 0. The predicted octanol–water partition coefficient (Wildman–Crippen LogP) is -0.312. The molecule has 41 heavy (non-hydrogen) atoms. The molecule has 0 saturated carbocycles. The molecule has 15 heteroatoms. The minimum Gasteiger partial charge on any atom is -0.508 e. The molecule has 0 aliphatic carbocycles. The van der Waals surface area contributed by atoms with Crippen molar-refractivity contribution in [3.8, 4) is 45.8 Å². The lowest BCUT2D eigenvalue weighted by molar-refractivity contribution is -0.287. The quantitative estimate of drug-likeness (QED) is 0.163. The molecule has 2 fully saturated rings. The third-order valence-corrected chi connectivity index (χ3v) is 6.87. The van der Waals surface area contributed by atoms with Crippen molar-refractivity contribution in [2.45, 2.75) is 55.9 Å². The van der Waals surface area contributed by atoms with E-state index < -0.39 is 94.2 Å². The number of hydrogen-bond acceptors (Lipinski definition) is 15. The molecule has 3 heterocycles. The Labute approximate surface area is 230 Å². The van der Waals surface area contributed by atoms with Gasteiger partial charge in [-0.15, -0.1) is 0 Å². The van der Waals surface area contributed by atoms with Crippen molar-refractivity contribution in [1.29, 1.82) is 0 Å². The number of hydrogen-bond donors (Lipinski definition) is 9. The zero-order valence-electron chi connectivity index (χ0n) is 21.2. The molecule has 5 rings (SSSR count). The number of fused-ring (bicyclic) bond motifs is 1. The van der Waals surface area contributed by atoms with Gasteiger partial charge in [0.25, 0.3) is 0 Å². The van der Waals surface area contributed by atoms with Gasteiger partial charge in [-0.05, 0) is 18.6 Å². The van der Waals surface area contributed by atoms with Crippen LogP contribution in [-0.4, -0.2) is 102 Å². The van der Waals surface area contributed by atoms with Crippen LogP contribution in [-0.2, 0) is 14.2 Å².